The highest BCUT2D eigenvalue weighted by Crippen LogP contribution is 2.33. The van der Waals surface area contributed by atoms with Crippen LogP contribution in [0.1, 0.15) is 62.6 Å². The van der Waals surface area contributed by atoms with Crippen molar-refractivity contribution in [2.45, 2.75) is 83.3 Å². The van der Waals surface area contributed by atoms with Gasteiger partial charge in [0.05, 0.1) is 17.2 Å². The summed E-state index contributed by atoms with van der Waals surface area (Å²) in [5.74, 6) is -0.334. The lowest BCUT2D eigenvalue weighted by Crippen LogP contribution is -2.53. The molecule has 0 radical (unpaired) electrons. The molecule has 3 aromatic carbocycles. The number of nitrogens with zero attached hydrogens (tertiary/aromatic N) is 2. The SMILES string of the molecule is CCOc1ccccc1N(CC(=O)N(Cc1cccc(C)c1)[C@H](CC)C(=O)NC1CCCC1)S(=O)(=O)c1ccc(C)cc1. The van der Waals surface area contributed by atoms with Crippen molar-refractivity contribution >= 4 is 27.5 Å². The van der Waals surface area contributed by atoms with Crippen molar-refractivity contribution in [3.8, 4) is 5.75 Å². The zero-order chi connectivity index (χ0) is 31.0. The van der Waals surface area contributed by atoms with Crippen molar-refractivity contribution in [3.63, 3.8) is 0 Å². The van der Waals surface area contributed by atoms with E-state index in [9.17, 15) is 18.0 Å². The van der Waals surface area contributed by atoms with E-state index in [0.29, 0.717) is 18.8 Å². The molecular weight excluding hydrogens is 562 g/mol. The van der Waals surface area contributed by atoms with Crippen LogP contribution in [0.4, 0.5) is 5.69 Å². The third kappa shape index (κ3) is 7.96. The summed E-state index contributed by atoms with van der Waals surface area (Å²) in [6.07, 6.45) is 4.36. The number of amides is 2. The van der Waals surface area contributed by atoms with Gasteiger partial charge in [-0.15, -0.1) is 0 Å². The van der Waals surface area contributed by atoms with Crippen LogP contribution in [0.2, 0.25) is 0 Å². The minimum absolute atomic E-state index is 0.0634. The average Bonchev–Trinajstić information content (AvgIpc) is 3.49. The highest BCUT2D eigenvalue weighted by Gasteiger charge is 2.35. The molecule has 0 heterocycles. The second-order valence-electron chi connectivity index (χ2n) is 11.2. The van der Waals surface area contributed by atoms with E-state index in [1.807, 2.05) is 52.0 Å². The van der Waals surface area contributed by atoms with Crippen LogP contribution in [0.25, 0.3) is 0 Å². The fraction of sp³-hybridized carbons (Fsp3) is 0.412. The predicted octanol–water partition coefficient (Wildman–Crippen LogP) is 5.76. The predicted molar refractivity (Wildman–Crippen MR) is 170 cm³/mol. The quantitative estimate of drug-likeness (QED) is 0.267. The Kier molecular flexibility index (Phi) is 10.9. The Hall–Kier alpha value is -3.85. The van der Waals surface area contributed by atoms with Gasteiger partial charge in [0.25, 0.3) is 10.0 Å². The molecule has 1 saturated carbocycles. The van der Waals surface area contributed by atoms with E-state index in [0.717, 1.165) is 46.7 Å². The first-order valence-electron chi connectivity index (χ1n) is 15.1. The highest BCUT2D eigenvalue weighted by molar-refractivity contribution is 7.92. The zero-order valence-corrected chi connectivity index (χ0v) is 26.4. The second-order valence-corrected chi connectivity index (χ2v) is 13.0. The minimum atomic E-state index is -4.19. The summed E-state index contributed by atoms with van der Waals surface area (Å²) in [5, 5.41) is 3.15. The first-order chi connectivity index (χ1) is 20.6. The van der Waals surface area contributed by atoms with Crippen molar-refractivity contribution in [1.29, 1.82) is 0 Å². The van der Waals surface area contributed by atoms with Crippen LogP contribution in [-0.4, -0.2) is 50.4 Å². The molecule has 4 rings (SSSR count). The lowest BCUT2D eigenvalue weighted by atomic mass is 10.1. The second kappa shape index (κ2) is 14.6. The normalized spacial score (nSPS) is 14.2. The number of hydrogen-bond donors (Lipinski definition) is 1. The van der Waals surface area contributed by atoms with Crippen LogP contribution >= 0.6 is 0 Å². The fourth-order valence-electron chi connectivity index (χ4n) is 5.59. The molecule has 0 unspecified atom stereocenters. The Morgan fingerprint density at radius 2 is 1.63 bits per heavy atom. The lowest BCUT2D eigenvalue weighted by Gasteiger charge is -2.34. The molecule has 230 valence electrons. The molecule has 1 atom stereocenters. The van der Waals surface area contributed by atoms with E-state index in [4.69, 9.17) is 4.74 Å². The Morgan fingerprint density at radius 3 is 2.28 bits per heavy atom. The first-order valence-corrected chi connectivity index (χ1v) is 16.5. The lowest BCUT2D eigenvalue weighted by molar-refractivity contribution is -0.140. The van der Waals surface area contributed by atoms with E-state index in [2.05, 4.69) is 5.32 Å². The molecule has 1 aliphatic carbocycles. The van der Waals surface area contributed by atoms with Crippen molar-refractivity contribution < 1.29 is 22.7 Å². The maximum Gasteiger partial charge on any atom is 0.264 e. The van der Waals surface area contributed by atoms with Gasteiger partial charge < -0.3 is 15.0 Å². The van der Waals surface area contributed by atoms with E-state index in [-0.39, 0.29) is 29.1 Å². The van der Waals surface area contributed by atoms with Gasteiger partial charge in [-0.25, -0.2) is 8.42 Å². The molecule has 43 heavy (non-hydrogen) atoms. The molecular formula is C34H43N3O5S. The third-order valence-corrected chi connectivity index (χ3v) is 9.62. The van der Waals surface area contributed by atoms with Crippen LogP contribution in [0.15, 0.2) is 77.7 Å². The fourth-order valence-corrected chi connectivity index (χ4v) is 7.01. The van der Waals surface area contributed by atoms with Crippen LogP contribution < -0.4 is 14.4 Å². The van der Waals surface area contributed by atoms with E-state index < -0.39 is 28.5 Å². The van der Waals surface area contributed by atoms with Crippen LogP contribution in [0.3, 0.4) is 0 Å². The standard InChI is InChI=1S/C34H43N3O5S/c1-5-30(34(39)35-28-14-7-8-15-28)36(23-27-13-11-12-26(4)22-27)33(38)24-37(31-16-9-10-17-32(31)42-6-2)43(40,41)29-20-18-25(3)19-21-29/h9-13,16-22,28,30H,5-8,14-15,23-24H2,1-4H3,(H,35,39)/t30-/m1/s1. The molecule has 8 nitrogen and oxygen atoms in total. The first kappa shape index (κ1) is 32.1. The highest BCUT2D eigenvalue weighted by atomic mass is 32.2. The van der Waals surface area contributed by atoms with E-state index in [1.54, 1.807) is 48.5 Å². The summed E-state index contributed by atoms with van der Waals surface area (Å²) in [7, 11) is -4.19. The number of nitrogens with one attached hydrogen (secondary N) is 1. The Labute approximate surface area is 256 Å². The molecule has 0 saturated heterocycles. The largest absolute Gasteiger partial charge is 0.492 e. The van der Waals surface area contributed by atoms with Crippen LogP contribution in [-0.2, 0) is 26.2 Å². The van der Waals surface area contributed by atoms with Crippen molar-refractivity contribution in [2.75, 3.05) is 17.5 Å². The summed E-state index contributed by atoms with van der Waals surface area (Å²) < 4.78 is 35.3. The van der Waals surface area contributed by atoms with Crippen LogP contribution in [0, 0.1) is 13.8 Å². The Bertz CT molecular complexity index is 1500. The van der Waals surface area contributed by atoms with Gasteiger partial charge in [-0.05, 0) is 69.9 Å². The number of rotatable bonds is 13. The molecule has 3 aromatic rings. The Balaban J connectivity index is 1.75. The molecule has 0 bridgehead atoms. The number of benzene rings is 3. The van der Waals surface area contributed by atoms with Gasteiger partial charge in [-0.3, -0.25) is 13.9 Å². The number of hydrogen-bond acceptors (Lipinski definition) is 5. The molecule has 0 aliphatic heterocycles. The maximum atomic E-state index is 14.4. The van der Waals surface area contributed by atoms with Crippen LogP contribution in [0.5, 0.6) is 5.75 Å². The van der Waals surface area contributed by atoms with Crippen molar-refractivity contribution in [3.05, 3.63) is 89.5 Å². The third-order valence-electron chi connectivity index (χ3n) is 7.84. The van der Waals surface area contributed by atoms with Gasteiger partial charge >= 0.3 is 0 Å². The van der Waals surface area contributed by atoms with Crippen molar-refractivity contribution in [1.82, 2.24) is 10.2 Å². The monoisotopic (exact) mass is 605 g/mol. The number of para-hydroxylation sites is 2. The summed E-state index contributed by atoms with van der Waals surface area (Å²) >= 11 is 0. The number of carbonyl (C=O) groups excluding carboxylic acids is 2. The smallest absolute Gasteiger partial charge is 0.264 e. The molecule has 1 aliphatic rings. The number of ether oxygens (including phenoxy) is 1. The van der Waals surface area contributed by atoms with Gasteiger partial charge in [0.2, 0.25) is 11.8 Å². The van der Waals surface area contributed by atoms with E-state index >= 15 is 0 Å². The van der Waals surface area contributed by atoms with Gasteiger partial charge in [0.1, 0.15) is 18.3 Å². The van der Waals surface area contributed by atoms with Gasteiger partial charge in [0.15, 0.2) is 0 Å². The topological polar surface area (TPSA) is 96.0 Å². The summed E-state index contributed by atoms with van der Waals surface area (Å²) in [6, 6.07) is 20.5. The molecule has 0 aromatic heterocycles. The summed E-state index contributed by atoms with van der Waals surface area (Å²) in [6.45, 7) is 7.54. The maximum absolute atomic E-state index is 14.4. The number of aryl methyl sites for hydroxylation is 2. The molecule has 1 fully saturated rings. The van der Waals surface area contributed by atoms with Gasteiger partial charge in [0, 0.05) is 12.6 Å². The average molecular weight is 606 g/mol. The zero-order valence-electron chi connectivity index (χ0n) is 25.6. The van der Waals surface area contributed by atoms with Gasteiger partial charge in [-0.1, -0.05) is 79.4 Å². The number of sulfonamides is 1. The minimum Gasteiger partial charge on any atom is -0.492 e. The van der Waals surface area contributed by atoms with Crippen molar-refractivity contribution in [2.24, 2.45) is 0 Å². The molecule has 9 heteroatoms. The number of carbonyl (C=O) groups is 2. The molecule has 2 amide bonds. The summed E-state index contributed by atoms with van der Waals surface area (Å²) in [5.41, 5.74) is 3.07. The van der Waals surface area contributed by atoms with E-state index in [1.165, 1.54) is 4.90 Å². The Morgan fingerprint density at radius 1 is 0.930 bits per heavy atom. The molecule has 0 spiro atoms. The summed E-state index contributed by atoms with van der Waals surface area (Å²) in [4.78, 5) is 29.6. The molecule has 1 N–H and O–H groups in total. The van der Waals surface area contributed by atoms with Gasteiger partial charge in [-0.2, -0.15) is 0 Å². The number of anilines is 1.